The Balaban J connectivity index is 1.88. The number of rotatable bonds is 6. The summed E-state index contributed by atoms with van der Waals surface area (Å²) in [7, 11) is 0. The molecule has 2 atom stereocenters. The number of fused-ring (bicyclic) bond motifs is 1. The minimum absolute atomic E-state index is 0.180. The van der Waals surface area contributed by atoms with Crippen molar-refractivity contribution in [2.45, 2.75) is 59.1 Å². The van der Waals surface area contributed by atoms with E-state index in [1.807, 2.05) is 20.8 Å². The number of benzene rings is 1. The molecular weight excluding hydrogens is 363 g/mol. The van der Waals surface area contributed by atoms with E-state index >= 15 is 0 Å². The van der Waals surface area contributed by atoms with Crippen molar-refractivity contribution >= 4 is 11.7 Å². The van der Waals surface area contributed by atoms with E-state index in [0.717, 1.165) is 5.56 Å². The normalized spacial score (nSPS) is 17.8. The lowest BCUT2D eigenvalue weighted by Crippen LogP contribution is -2.35. The quantitative estimate of drug-likeness (QED) is 0.428. The van der Waals surface area contributed by atoms with E-state index in [9.17, 15) is 9.18 Å². The molecule has 0 bridgehead atoms. The van der Waals surface area contributed by atoms with Crippen LogP contribution >= 0.6 is 0 Å². The van der Waals surface area contributed by atoms with Gasteiger partial charge in [-0.05, 0) is 18.2 Å². The number of ether oxygens (including phenoxy) is 1. The fraction of sp³-hybridized carbons (Fsp3) is 0.500. The third-order valence-electron chi connectivity index (χ3n) is 4.62. The van der Waals surface area contributed by atoms with Crippen LogP contribution in [0.1, 0.15) is 52.1 Å². The Bertz CT molecular complexity index is 859. The van der Waals surface area contributed by atoms with Gasteiger partial charge in [0.05, 0.1) is 11.8 Å². The number of carbonyl (C=O) groups is 1. The second kappa shape index (κ2) is 8.08. The van der Waals surface area contributed by atoms with Crippen LogP contribution in [-0.4, -0.2) is 32.5 Å². The average Bonchev–Trinajstić information content (AvgIpc) is 3.28. The molecule has 0 saturated heterocycles. The first-order valence-corrected chi connectivity index (χ1v) is 9.35. The van der Waals surface area contributed by atoms with Crippen LogP contribution in [0, 0.1) is 11.2 Å². The highest BCUT2D eigenvalue weighted by Crippen LogP contribution is 2.35. The van der Waals surface area contributed by atoms with Gasteiger partial charge in [-0.1, -0.05) is 32.9 Å². The molecule has 0 N–H and O–H groups in total. The molecule has 150 valence electrons. The predicted octanol–water partition coefficient (Wildman–Crippen LogP) is 3.71. The summed E-state index contributed by atoms with van der Waals surface area (Å²) in [5, 5.41) is 8.46. The van der Waals surface area contributed by atoms with Crippen LogP contribution in [0.4, 0.5) is 4.39 Å². The number of hydrogen-bond acceptors (Lipinski definition) is 6. The largest absolute Gasteiger partial charge is 0.490 e. The van der Waals surface area contributed by atoms with E-state index in [1.54, 1.807) is 24.0 Å². The van der Waals surface area contributed by atoms with E-state index in [2.05, 4.69) is 15.2 Å². The van der Waals surface area contributed by atoms with Gasteiger partial charge < -0.3 is 9.57 Å². The lowest BCUT2D eigenvalue weighted by molar-refractivity contribution is -0.143. The smallest absolute Gasteiger partial charge is 0.334 e. The molecular formula is C20H25FN4O3. The highest BCUT2D eigenvalue weighted by atomic mass is 19.1. The van der Waals surface area contributed by atoms with Crippen molar-refractivity contribution < 1.29 is 18.8 Å². The summed E-state index contributed by atoms with van der Waals surface area (Å²) in [5.41, 5.74) is 1.11. The predicted molar refractivity (Wildman–Crippen MR) is 101 cm³/mol. The molecule has 1 aliphatic rings. The molecule has 3 rings (SSSR count). The molecule has 0 saturated carbocycles. The van der Waals surface area contributed by atoms with Gasteiger partial charge in [0.25, 0.3) is 0 Å². The zero-order valence-electron chi connectivity index (χ0n) is 16.6. The highest BCUT2D eigenvalue weighted by molar-refractivity contribution is 5.92. The van der Waals surface area contributed by atoms with Crippen LogP contribution in [0.25, 0.3) is 0 Å². The van der Waals surface area contributed by atoms with Gasteiger partial charge in [-0.3, -0.25) is 0 Å². The molecule has 2 unspecified atom stereocenters. The number of nitrogens with zero attached hydrogens (tertiary/aromatic N) is 4. The molecule has 0 aliphatic carbocycles. The zero-order valence-corrected chi connectivity index (χ0v) is 16.6. The van der Waals surface area contributed by atoms with Crippen LogP contribution in [0.3, 0.4) is 0 Å². The van der Waals surface area contributed by atoms with Gasteiger partial charge in [0.1, 0.15) is 30.3 Å². The summed E-state index contributed by atoms with van der Waals surface area (Å²) in [5.74, 6) is 0.00809. The Morgan fingerprint density at radius 1 is 1.46 bits per heavy atom. The minimum atomic E-state index is -0.404. The van der Waals surface area contributed by atoms with Gasteiger partial charge in [-0.15, -0.1) is 0 Å². The minimum Gasteiger partial charge on any atom is -0.490 e. The van der Waals surface area contributed by atoms with Crippen molar-refractivity contribution in [1.29, 1.82) is 0 Å². The second-order valence-corrected chi connectivity index (χ2v) is 7.87. The van der Waals surface area contributed by atoms with Crippen molar-refractivity contribution in [2.24, 2.45) is 10.6 Å². The van der Waals surface area contributed by atoms with Gasteiger partial charge in [0, 0.05) is 30.2 Å². The molecule has 2 aromatic rings. The summed E-state index contributed by atoms with van der Waals surface area (Å²) in [6.07, 6.45) is 4.23. The molecule has 8 heteroatoms. The molecule has 0 fully saturated rings. The first-order valence-electron chi connectivity index (χ1n) is 9.35. The van der Waals surface area contributed by atoms with E-state index in [1.165, 1.54) is 18.5 Å². The van der Waals surface area contributed by atoms with Gasteiger partial charge in [-0.2, -0.15) is 5.10 Å². The molecule has 0 radical (unpaired) electrons. The Labute approximate surface area is 163 Å². The van der Waals surface area contributed by atoms with E-state index in [-0.39, 0.29) is 29.8 Å². The lowest BCUT2D eigenvalue weighted by atomic mass is 9.83. The van der Waals surface area contributed by atoms with Crippen molar-refractivity contribution in [2.75, 3.05) is 0 Å². The molecule has 1 aromatic carbocycles. The molecule has 0 amide bonds. The van der Waals surface area contributed by atoms with Gasteiger partial charge >= 0.3 is 5.97 Å². The Hall–Kier alpha value is -2.77. The zero-order chi connectivity index (χ0) is 20.3. The average molecular weight is 388 g/mol. The van der Waals surface area contributed by atoms with E-state index in [4.69, 9.17) is 9.57 Å². The maximum atomic E-state index is 13.5. The maximum Gasteiger partial charge on any atom is 0.334 e. The number of hydrogen-bond donors (Lipinski definition) is 0. The summed E-state index contributed by atoms with van der Waals surface area (Å²) in [4.78, 5) is 20.8. The van der Waals surface area contributed by atoms with Crippen molar-refractivity contribution in [1.82, 2.24) is 14.8 Å². The molecule has 1 aromatic heterocycles. The van der Waals surface area contributed by atoms with Gasteiger partial charge in [0.2, 0.25) is 0 Å². The SMILES string of the molecule is CCC(=O)ON=C(C(CC1Cc2cc(F)ccc2O1)n1cncn1)C(C)(C)C. The first-order chi connectivity index (χ1) is 13.3. The summed E-state index contributed by atoms with van der Waals surface area (Å²) < 4.78 is 21.2. The Morgan fingerprint density at radius 3 is 2.89 bits per heavy atom. The third kappa shape index (κ3) is 4.55. The van der Waals surface area contributed by atoms with Crippen LogP contribution in [-0.2, 0) is 16.1 Å². The summed E-state index contributed by atoms with van der Waals surface area (Å²) >= 11 is 0. The molecule has 0 spiro atoms. The highest BCUT2D eigenvalue weighted by Gasteiger charge is 2.35. The summed E-state index contributed by atoms with van der Waals surface area (Å²) in [6, 6.07) is 4.22. The number of halogens is 1. The third-order valence-corrected chi connectivity index (χ3v) is 4.62. The van der Waals surface area contributed by atoms with Crippen LogP contribution in [0.2, 0.25) is 0 Å². The Morgan fingerprint density at radius 2 is 2.25 bits per heavy atom. The summed E-state index contributed by atoms with van der Waals surface area (Å²) in [6.45, 7) is 7.70. The standard InChI is InChI=1S/C20H25FN4O3/c1-5-18(26)28-24-19(20(2,3)4)16(25-12-22-11-23-25)10-15-9-13-8-14(21)6-7-17(13)27-15/h6-8,11-12,15-16H,5,9-10H2,1-4H3. The monoisotopic (exact) mass is 388 g/mol. The van der Waals surface area contributed by atoms with E-state index < -0.39 is 5.97 Å². The second-order valence-electron chi connectivity index (χ2n) is 7.87. The van der Waals surface area contributed by atoms with Gasteiger partial charge in [-0.25, -0.2) is 18.9 Å². The number of carbonyl (C=O) groups excluding carboxylic acids is 1. The molecule has 28 heavy (non-hydrogen) atoms. The molecule has 2 heterocycles. The van der Waals surface area contributed by atoms with Crippen molar-refractivity contribution in [3.05, 3.63) is 42.2 Å². The maximum absolute atomic E-state index is 13.5. The topological polar surface area (TPSA) is 78.6 Å². The Kier molecular flexibility index (Phi) is 5.76. The number of aromatic nitrogens is 3. The fourth-order valence-corrected chi connectivity index (χ4v) is 3.25. The van der Waals surface area contributed by atoms with Crippen molar-refractivity contribution in [3.63, 3.8) is 0 Å². The van der Waals surface area contributed by atoms with Gasteiger partial charge in [0.15, 0.2) is 0 Å². The fourth-order valence-electron chi connectivity index (χ4n) is 3.25. The van der Waals surface area contributed by atoms with Crippen LogP contribution < -0.4 is 4.74 Å². The van der Waals surface area contributed by atoms with Crippen molar-refractivity contribution in [3.8, 4) is 5.75 Å². The molecule has 7 nitrogen and oxygen atoms in total. The lowest BCUT2D eigenvalue weighted by Gasteiger charge is -2.29. The van der Waals surface area contributed by atoms with E-state index in [0.29, 0.717) is 24.3 Å². The van der Waals surface area contributed by atoms with Crippen LogP contribution in [0.5, 0.6) is 5.75 Å². The molecule has 1 aliphatic heterocycles. The van der Waals surface area contributed by atoms with Crippen LogP contribution in [0.15, 0.2) is 36.0 Å². The number of oxime groups is 1. The first kappa shape index (κ1) is 20.0.